The van der Waals surface area contributed by atoms with Crippen molar-refractivity contribution in [3.8, 4) is 22.8 Å². The molecule has 0 bridgehead atoms. The summed E-state index contributed by atoms with van der Waals surface area (Å²) in [6.45, 7) is 5.87. The quantitative estimate of drug-likeness (QED) is 0.136. The molecule has 0 radical (unpaired) electrons. The number of carbonyl (C=O) groups excluding carboxylic acids is 1. The van der Waals surface area contributed by atoms with Crippen LogP contribution in [-0.4, -0.2) is 34.4 Å². The molecule has 9 nitrogen and oxygen atoms in total. The van der Waals surface area contributed by atoms with E-state index in [9.17, 15) is 4.79 Å². The summed E-state index contributed by atoms with van der Waals surface area (Å²) in [5.74, 6) is -0.242. The van der Waals surface area contributed by atoms with E-state index in [4.69, 9.17) is 31.3 Å². The van der Waals surface area contributed by atoms with E-state index < -0.39 is 17.8 Å². The van der Waals surface area contributed by atoms with Gasteiger partial charge in [-0.15, -0.1) is 0 Å². The molecule has 1 atom stereocenters. The van der Waals surface area contributed by atoms with Crippen molar-refractivity contribution in [1.82, 2.24) is 9.97 Å². The average molecular weight is 531 g/mol. The minimum absolute atomic E-state index is 0.0575. The lowest BCUT2D eigenvalue weighted by Crippen LogP contribution is -2.18. The minimum atomic E-state index is -0.795. The predicted molar refractivity (Wildman–Crippen MR) is 149 cm³/mol. The van der Waals surface area contributed by atoms with E-state index in [1.54, 1.807) is 60.8 Å². The van der Waals surface area contributed by atoms with Crippen molar-refractivity contribution in [2.24, 2.45) is 11.5 Å². The van der Waals surface area contributed by atoms with Crippen LogP contribution in [0.4, 0.5) is 10.1 Å². The summed E-state index contributed by atoms with van der Waals surface area (Å²) in [5.41, 5.74) is 14.1. The first-order chi connectivity index (χ1) is 18.7. The number of benzene rings is 3. The Morgan fingerprint density at radius 3 is 2.49 bits per heavy atom. The third-order valence-corrected chi connectivity index (χ3v) is 5.85. The fourth-order valence-electron chi connectivity index (χ4n) is 4.06. The maximum Gasteiger partial charge on any atom is 0.248 e. The van der Waals surface area contributed by atoms with Crippen molar-refractivity contribution in [1.29, 1.82) is 5.41 Å². The normalized spacial score (nSPS) is 11.7. The molecule has 202 valence electrons. The number of hydrogen-bond donors (Lipinski definition) is 5. The van der Waals surface area contributed by atoms with Crippen LogP contribution >= 0.6 is 0 Å². The smallest absolute Gasteiger partial charge is 0.248 e. The molecule has 0 spiro atoms. The van der Waals surface area contributed by atoms with E-state index in [1.807, 2.05) is 20.8 Å². The van der Waals surface area contributed by atoms with Gasteiger partial charge < -0.3 is 31.2 Å². The highest BCUT2D eigenvalue weighted by Gasteiger charge is 2.26. The number of carbonyl (C=O) groups is 1. The van der Waals surface area contributed by atoms with Gasteiger partial charge in [-0.3, -0.25) is 10.2 Å². The van der Waals surface area contributed by atoms with E-state index in [0.29, 0.717) is 46.3 Å². The lowest BCUT2D eigenvalue weighted by molar-refractivity contribution is 0.100. The van der Waals surface area contributed by atoms with E-state index in [1.165, 1.54) is 6.07 Å². The Labute approximate surface area is 225 Å². The van der Waals surface area contributed by atoms with Gasteiger partial charge in [0.2, 0.25) is 5.91 Å². The molecule has 3 aromatic carbocycles. The summed E-state index contributed by atoms with van der Waals surface area (Å²) in [6.07, 6.45) is 1.42. The molecule has 1 aromatic heterocycles. The fourth-order valence-corrected chi connectivity index (χ4v) is 4.06. The Balaban J connectivity index is 1.82. The third kappa shape index (κ3) is 6.35. The number of hydrogen-bond acceptors (Lipinski definition) is 6. The van der Waals surface area contributed by atoms with Gasteiger partial charge in [-0.05, 0) is 63.2 Å². The number of primary amides is 1. The second-order valence-corrected chi connectivity index (χ2v) is 9.11. The van der Waals surface area contributed by atoms with Crippen molar-refractivity contribution in [3.05, 3.63) is 95.2 Å². The van der Waals surface area contributed by atoms with Crippen LogP contribution in [0.25, 0.3) is 11.3 Å². The molecule has 1 unspecified atom stereocenters. The second-order valence-electron chi connectivity index (χ2n) is 9.11. The van der Waals surface area contributed by atoms with E-state index in [2.05, 4.69) is 10.3 Å². The highest BCUT2D eigenvalue weighted by atomic mass is 19.1. The average Bonchev–Trinajstić information content (AvgIpc) is 3.39. The Kier molecular flexibility index (Phi) is 8.14. The summed E-state index contributed by atoms with van der Waals surface area (Å²) in [5, 5.41) is 11.0. The Hall–Kier alpha value is -4.86. The van der Waals surface area contributed by atoms with Gasteiger partial charge in [-0.1, -0.05) is 12.1 Å². The monoisotopic (exact) mass is 530 g/mol. The summed E-state index contributed by atoms with van der Waals surface area (Å²) >= 11 is 0. The van der Waals surface area contributed by atoms with Crippen molar-refractivity contribution >= 4 is 17.4 Å². The van der Waals surface area contributed by atoms with Gasteiger partial charge in [0.05, 0.1) is 18.4 Å². The molecule has 0 saturated carbocycles. The molecule has 7 N–H and O–H groups in total. The zero-order chi connectivity index (χ0) is 28.1. The first kappa shape index (κ1) is 27.2. The van der Waals surface area contributed by atoms with Crippen LogP contribution in [0.2, 0.25) is 0 Å². The Morgan fingerprint density at radius 2 is 1.85 bits per heavy atom. The van der Waals surface area contributed by atoms with Crippen LogP contribution < -0.4 is 26.3 Å². The van der Waals surface area contributed by atoms with Crippen LogP contribution in [0, 0.1) is 11.2 Å². The number of amidine groups is 1. The molecule has 0 aliphatic heterocycles. The molecule has 4 aromatic rings. The molecule has 0 aliphatic carbocycles. The lowest BCUT2D eigenvalue weighted by Gasteiger charge is -2.22. The number of aromatic nitrogens is 2. The number of nitrogens with one attached hydrogen (secondary N) is 3. The maximum atomic E-state index is 16.0. The highest BCUT2D eigenvalue weighted by molar-refractivity contribution is 5.95. The summed E-state index contributed by atoms with van der Waals surface area (Å²) in [6, 6.07) is 16.0. The summed E-state index contributed by atoms with van der Waals surface area (Å²) in [7, 11) is 0. The standard InChI is InChI=1S/C29H31FN6O3/c1-4-38-21-13-22(25(30)24(14-21)39-16(2)3)26(35-20-10-8-17(9-11-20)27(31)32)29-34-15-23(36-29)18-6-5-7-19(12-18)28(33)37/h5-16,26,35H,4H2,1-3H3,(H3,31,32)(H2,33,37)(H,34,36). The molecule has 10 heteroatoms. The molecule has 1 amide bonds. The largest absolute Gasteiger partial charge is 0.494 e. The number of anilines is 1. The topological polar surface area (TPSA) is 152 Å². The van der Waals surface area contributed by atoms with Gasteiger partial charge in [0, 0.05) is 40.2 Å². The molecule has 39 heavy (non-hydrogen) atoms. The fraction of sp³-hybridized carbons (Fsp3) is 0.207. The number of rotatable bonds is 11. The molecule has 0 aliphatic rings. The van der Waals surface area contributed by atoms with Crippen LogP contribution in [0.3, 0.4) is 0 Å². The molecular weight excluding hydrogens is 499 g/mol. The SMILES string of the molecule is CCOc1cc(OC(C)C)c(F)c(C(Nc2ccc(C(=N)N)cc2)c2nc(-c3cccc(C(N)=O)c3)c[nH]2)c1. The number of halogens is 1. The molecule has 1 heterocycles. The first-order valence-electron chi connectivity index (χ1n) is 12.5. The zero-order valence-electron chi connectivity index (χ0n) is 21.9. The van der Waals surface area contributed by atoms with E-state index in [0.717, 1.165) is 0 Å². The highest BCUT2D eigenvalue weighted by Crippen LogP contribution is 2.36. The number of nitrogens with zero attached hydrogens (tertiary/aromatic N) is 1. The second kappa shape index (κ2) is 11.7. The molecular formula is C29H31FN6O3. The number of imidazole rings is 1. The zero-order valence-corrected chi connectivity index (χ0v) is 21.9. The third-order valence-electron chi connectivity index (χ3n) is 5.85. The van der Waals surface area contributed by atoms with Crippen molar-refractivity contribution in [2.45, 2.75) is 32.9 Å². The van der Waals surface area contributed by atoms with Gasteiger partial charge in [-0.25, -0.2) is 9.37 Å². The van der Waals surface area contributed by atoms with E-state index >= 15 is 4.39 Å². The predicted octanol–water partition coefficient (Wildman–Crippen LogP) is 4.99. The number of H-pyrrole nitrogens is 1. The van der Waals surface area contributed by atoms with E-state index in [-0.39, 0.29) is 23.3 Å². The van der Waals surface area contributed by atoms with Crippen LogP contribution in [-0.2, 0) is 0 Å². The van der Waals surface area contributed by atoms with Crippen molar-refractivity contribution < 1.29 is 18.7 Å². The maximum absolute atomic E-state index is 16.0. The minimum Gasteiger partial charge on any atom is -0.494 e. The van der Waals surface area contributed by atoms with Crippen molar-refractivity contribution in [2.75, 3.05) is 11.9 Å². The summed E-state index contributed by atoms with van der Waals surface area (Å²) in [4.78, 5) is 19.6. The molecule has 0 saturated heterocycles. The van der Waals surface area contributed by atoms with Crippen LogP contribution in [0.1, 0.15) is 54.1 Å². The van der Waals surface area contributed by atoms with Gasteiger partial charge in [0.15, 0.2) is 11.6 Å². The number of ether oxygens (including phenoxy) is 2. The number of nitrogens with two attached hydrogens (primary N) is 2. The van der Waals surface area contributed by atoms with Crippen LogP contribution in [0.5, 0.6) is 11.5 Å². The van der Waals surface area contributed by atoms with Crippen molar-refractivity contribution in [3.63, 3.8) is 0 Å². The Morgan fingerprint density at radius 1 is 1.10 bits per heavy atom. The Bertz CT molecular complexity index is 1480. The van der Waals surface area contributed by atoms with Gasteiger partial charge in [-0.2, -0.15) is 0 Å². The van der Waals surface area contributed by atoms with Gasteiger partial charge in [0.25, 0.3) is 0 Å². The lowest BCUT2D eigenvalue weighted by atomic mass is 10.0. The number of nitrogen functional groups attached to an aromatic ring is 1. The summed E-state index contributed by atoms with van der Waals surface area (Å²) < 4.78 is 27.5. The van der Waals surface area contributed by atoms with Gasteiger partial charge in [0.1, 0.15) is 23.5 Å². The van der Waals surface area contributed by atoms with Gasteiger partial charge >= 0.3 is 0 Å². The molecule has 0 fully saturated rings. The number of aromatic amines is 1. The first-order valence-corrected chi connectivity index (χ1v) is 12.5. The van der Waals surface area contributed by atoms with Crippen LogP contribution in [0.15, 0.2) is 66.9 Å². The molecule has 4 rings (SSSR count). The number of amides is 1.